The average molecular weight is 375 g/mol. The highest BCUT2D eigenvalue weighted by atomic mass is 35.5. The molecule has 0 unspecified atom stereocenters. The number of benzene rings is 2. The lowest BCUT2D eigenvalue weighted by molar-refractivity contribution is -0.116. The highest BCUT2D eigenvalue weighted by Gasteiger charge is 2.11. The molecule has 1 saturated heterocycles. The first kappa shape index (κ1) is 18.5. The molecule has 2 aromatic rings. The zero-order valence-electron chi connectivity index (χ0n) is 14.8. The average Bonchev–Trinajstić information content (AvgIpc) is 2.68. The summed E-state index contributed by atoms with van der Waals surface area (Å²) in [6.45, 7) is 3.40. The number of hydrogen-bond acceptors (Lipinski definition) is 4. The fourth-order valence-electron chi connectivity index (χ4n) is 2.92. The fraction of sp³-hybridized carbons (Fsp3) is 0.350. The molecule has 0 radical (unpaired) electrons. The molecule has 1 fully saturated rings. The molecule has 1 N–H and O–H groups in total. The molecule has 26 heavy (non-hydrogen) atoms. The molecule has 1 aliphatic heterocycles. The monoisotopic (exact) mass is 374 g/mol. The van der Waals surface area contributed by atoms with E-state index in [0.29, 0.717) is 29.3 Å². The second-order valence-corrected chi connectivity index (χ2v) is 6.57. The van der Waals surface area contributed by atoms with Crippen molar-refractivity contribution in [1.29, 1.82) is 0 Å². The number of carbonyl (C=O) groups is 1. The van der Waals surface area contributed by atoms with Crippen LogP contribution in [-0.2, 0) is 16.0 Å². The zero-order chi connectivity index (χ0) is 18.4. The predicted molar refractivity (Wildman–Crippen MR) is 104 cm³/mol. The molecule has 1 heterocycles. The topological polar surface area (TPSA) is 50.8 Å². The summed E-state index contributed by atoms with van der Waals surface area (Å²) in [7, 11) is 1.56. The van der Waals surface area contributed by atoms with Crippen molar-refractivity contribution in [3.8, 4) is 5.75 Å². The van der Waals surface area contributed by atoms with Gasteiger partial charge in [0, 0.05) is 30.9 Å². The van der Waals surface area contributed by atoms with Crippen LogP contribution in [0.15, 0.2) is 42.5 Å². The minimum Gasteiger partial charge on any atom is -0.495 e. The summed E-state index contributed by atoms with van der Waals surface area (Å²) in [5.41, 5.74) is 3.02. The molecule has 2 aromatic carbocycles. The Morgan fingerprint density at radius 1 is 1.19 bits per heavy atom. The van der Waals surface area contributed by atoms with Crippen LogP contribution < -0.4 is 15.0 Å². The van der Waals surface area contributed by atoms with Crippen molar-refractivity contribution in [3.63, 3.8) is 0 Å². The summed E-state index contributed by atoms with van der Waals surface area (Å²) < 4.78 is 10.5. The largest absolute Gasteiger partial charge is 0.495 e. The summed E-state index contributed by atoms with van der Waals surface area (Å²) in [6.07, 6.45) is 1.11. The number of nitrogens with zero attached hydrogens (tertiary/aromatic N) is 1. The third kappa shape index (κ3) is 4.90. The molecule has 6 heteroatoms. The molecule has 0 aliphatic carbocycles. The van der Waals surface area contributed by atoms with Crippen LogP contribution in [-0.4, -0.2) is 39.3 Å². The number of anilines is 2. The van der Waals surface area contributed by atoms with E-state index in [1.54, 1.807) is 25.3 Å². The first-order chi connectivity index (χ1) is 12.7. The van der Waals surface area contributed by atoms with Crippen LogP contribution in [0.2, 0.25) is 5.02 Å². The first-order valence-electron chi connectivity index (χ1n) is 8.71. The van der Waals surface area contributed by atoms with Crippen molar-refractivity contribution >= 4 is 28.9 Å². The van der Waals surface area contributed by atoms with Gasteiger partial charge in [0.1, 0.15) is 5.75 Å². The maximum absolute atomic E-state index is 12.2. The van der Waals surface area contributed by atoms with Gasteiger partial charge >= 0.3 is 0 Å². The molecule has 3 rings (SSSR count). The molecule has 0 spiro atoms. The number of morpholine rings is 1. The summed E-state index contributed by atoms with van der Waals surface area (Å²) >= 11 is 6.08. The van der Waals surface area contributed by atoms with Gasteiger partial charge in [-0.05, 0) is 42.3 Å². The van der Waals surface area contributed by atoms with Crippen LogP contribution in [0.25, 0.3) is 0 Å². The predicted octanol–water partition coefficient (Wildman–Crippen LogP) is 3.76. The third-order valence-corrected chi connectivity index (χ3v) is 4.68. The number of rotatable bonds is 6. The van der Waals surface area contributed by atoms with E-state index >= 15 is 0 Å². The van der Waals surface area contributed by atoms with E-state index in [1.807, 2.05) is 0 Å². The number of ether oxygens (including phenoxy) is 2. The molecule has 1 amide bonds. The van der Waals surface area contributed by atoms with Crippen molar-refractivity contribution in [2.24, 2.45) is 0 Å². The van der Waals surface area contributed by atoms with Gasteiger partial charge in [-0.3, -0.25) is 4.79 Å². The Kier molecular flexibility index (Phi) is 6.36. The number of halogens is 1. The minimum atomic E-state index is -0.0384. The van der Waals surface area contributed by atoms with E-state index in [0.717, 1.165) is 31.9 Å². The maximum Gasteiger partial charge on any atom is 0.224 e. The van der Waals surface area contributed by atoms with E-state index in [9.17, 15) is 4.79 Å². The van der Waals surface area contributed by atoms with Gasteiger partial charge in [0.25, 0.3) is 0 Å². The smallest absolute Gasteiger partial charge is 0.224 e. The number of aryl methyl sites for hydroxylation is 1. The van der Waals surface area contributed by atoms with Crippen LogP contribution in [0, 0.1) is 0 Å². The van der Waals surface area contributed by atoms with Crippen LogP contribution in [0.3, 0.4) is 0 Å². The summed E-state index contributed by atoms with van der Waals surface area (Å²) in [6, 6.07) is 13.6. The van der Waals surface area contributed by atoms with Crippen molar-refractivity contribution in [2.45, 2.75) is 12.8 Å². The number of nitrogens with one attached hydrogen (secondary N) is 1. The molecule has 1 aliphatic rings. The highest BCUT2D eigenvalue weighted by molar-refractivity contribution is 6.32. The quantitative estimate of drug-likeness (QED) is 0.836. The van der Waals surface area contributed by atoms with Gasteiger partial charge in [0.05, 0.1) is 25.3 Å². The molecule has 5 nitrogen and oxygen atoms in total. The molecular formula is C20H23ClN2O3. The Balaban J connectivity index is 1.50. The van der Waals surface area contributed by atoms with Crippen LogP contribution in [0.4, 0.5) is 11.4 Å². The highest BCUT2D eigenvalue weighted by Crippen LogP contribution is 2.27. The third-order valence-electron chi connectivity index (χ3n) is 4.39. The minimum absolute atomic E-state index is 0.0384. The fourth-order valence-corrected chi connectivity index (χ4v) is 3.18. The molecule has 0 bridgehead atoms. The normalized spacial score (nSPS) is 14.2. The van der Waals surface area contributed by atoms with E-state index in [2.05, 4.69) is 34.5 Å². The van der Waals surface area contributed by atoms with Crippen LogP contribution in [0.1, 0.15) is 12.0 Å². The zero-order valence-corrected chi connectivity index (χ0v) is 15.6. The van der Waals surface area contributed by atoms with E-state index in [4.69, 9.17) is 21.1 Å². The van der Waals surface area contributed by atoms with Gasteiger partial charge in [-0.2, -0.15) is 0 Å². The van der Waals surface area contributed by atoms with Crippen LogP contribution in [0.5, 0.6) is 5.75 Å². The summed E-state index contributed by atoms with van der Waals surface area (Å²) in [5.74, 6) is 0.550. The SMILES string of the molecule is COc1ccc(NC(=O)CCc2ccc(N3CCOCC3)cc2)cc1Cl. The Bertz CT molecular complexity index is 743. The Morgan fingerprint density at radius 2 is 1.92 bits per heavy atom. The molecule has 0 saturated carbocycles. The number of hydrogen-bond donors (Lipinski definition) is 1. The summed E-state index contributed by atoms with van der Waals surface area (Å²) in [5, 5.41) is 3.34. The maximum atomic E-state index is 12.2. The number of methoxy groups -OCH3 is 1. The van der Waals surface area contributed by atoms with E-state index in [-0.39, 0.29) is 5.91 Å². The van der Waals surface area contributed by atoms with Crippen LogP contribution >= 0.6 is 11.6 Å². The van der Waals surface area contributed by atoms with E-state index < -0.39 is 0 Å². The lowest BCUT2D eigenvalue weighted by Gasteiger charge is -2.28. The summed E-state index contributed by atoms with van der Waals surface area (Å²) in [4.78, 5) is 14.5. The van der Waals surface area contributed by atoms with Gasteiger partial charge in [-0.1, -0.05) is 23.7 Å². The first-order valence-corrected chi connectivity index (χ1v) is 9.08. The van der Waals surface area contributed by atoms with Gasteiger partial charge in [0.15, 0.2) is 0 Å². The molecule has 0 aromatic heterocycles. The Morgan fingerprint density at radius 3 is 2.58 bits per heavy atom. The standard InChI is InChI=1S/C20H23ClN2O3/c1-25-19-8-5-16(14-18(19)21)22-20(24)9-4-15-2-6-17(7-3-15)23-10-12-26-13-11-23/h2-3,5-8,14H,4,9-13H2,1H3,(H,22,24). The lowest BCUT2D eigenvalue weighted by atomic mass is 10.1. The van der Waals surface area contributed by atoms with Gasteiger partial charge in [-0.25, -0.2) is 0 Å². The Hall–Kier alpha value is -2.24. The molecule has 138 valence electrons. The second kappa shape index (κ2) is 8.92. The van der Waals surface area contributed by atoms with Crippen molar-refractivity contribution in [3.05, 3.63) is 53.1 Å². The molecule has 0 atom stereocenters. The van der Waals surface area contributed by atoms with Gasteiger partial charge < -0.3 is 19.7 Å². The number of amides is 1. The van der Waals surface area contributed by atoms with E-state index in [1.165, 1.54) is 5.69 Å². The van der Waals surface area contributed by atoms with Crippen molar-refractivity contribution in [2.75, 3.05) is 43.6 Å². The van der Waals surface area contributed by atoms with Crippen molar-refractivity contribution < 1.29 is 14.3 Å². The second-order valence-electron chi connectivity index (χ2n) is 6.16. The Labute approximate surface area is 158 Å². The lowest BCUT2D eigenvalue weighted by Crippen LogP contribution is -2.36. The van der Waals surface area contributed by atoms with Crippen molar-refractivity contribution in [1.82, 2.24) is 0 Å². The van der Waals surface area contributed by atoms with Gasteiger partial charge in [0.2, 0.25) is 5.91 Å². The van der Waals surface area contributed by atoms with Gasteiger partial charge in [-0.15, -0.1) is 0 Å². The molecular weight excluding hydrogens is 352 g/mol. The number of carbonyl (C=O) groups excluding carboxylic acids is 1.